The van der Waals surface area contributed by atoms with Crippen LogP contribution in [0.2, 0.25) is 0 Å². The molecule has 1 aromatic heterocycles. The van der Waals surface area contributed by atoms with Gasteiger partial charge in [-0.25, -0.2) is 13.3 Å². The summed E-state index contributed by atoms with van der Waals surface area (Å²) in [5, 5.41) is 5.82. The molecule has 33 heavy (non-hydrogen) atoms. The molecule has 0 radical (unpaired) electrons. The molecule has 0 fully saturated rings. The van der Waals surface area contributed by atoms with Gasteiger partial charge in [-0.05, 0) is 36.3 Å². The van der Waals surface area contributed by atoms with Gasteiger partial charge in [0.05, 0.1) is 18.0 Å². The molecule has 0 unspecified atom stereocenters. The molecule has 2 aromatic rings. The van der Waals surface area contributed by atoms with Gasteiger partial charge < -0.3 is 26.2 Å². The highest BCUT2D eigenvalue weighted by atomic mass is 32.2. The second kappa shape index (κ2) is 12.7. The predicted octanol–water partition coefficient (Wildman–Crippen LogP) is 0.618. The Kier molecular flexibility index (Phi) is 10.3. The average Bonchev–Trinajstić information content (AvgIpc) is 2.79. The number of pyridine rings is 1. The van der Waals surface area contributed by atoms with E-state index in [1.165, 1.54) is 36.4 Å². The first-order valence-corrected chi connectivity index (χ1v) is 10.3. The number of nitrogens with two attached hydrogens (primary N) is 2. The summed E-state index contributed by atoms with van der Waals surface area (Å²) < 4.78 is 41.6. The van der Waals surface area contributed by atoms with Gasteiger partial charge in [-0.3, -0.25) is 19.0 Å². The lowest BCUT2D eigenvalue weighted by Crippen LogP contribution is -2.36. The minimum absolute atomic E-state index is 0. The van der Waals surface area contributed by atoms with Crippen molar-refractivity contribution in [3.63, 3.8) is 0 Å². The summed E-state index contributed by atoms with van der Waals surface area (Å²) in [5.74, 6) is -0.753. The first-order valence-electron chi connectivity index (χ1n) is 9.20. The second-order valence-electron chi connectivity index (χ2n) is 6.19. The third-order valence-electron chi connectivity index (χ3n) is 3.88. The van der Waals surface area contributed by atoms with Crippen LogP contribution in [0.15, 0.2) is 51.2 Å². The molecule has 180 valence electrons. The Morgan fingerprint density at radius 2 is 2.03 bits per heavy atom. The van der Waals surface area contributed by atoms with Crippen LogP contribution in [0.1, 0.15) is 13.1 Å². The number of hydrogen-bond donors (Lipinski definition) is 4. The molecule has 0 saturated heterocycles. The highest BCUT2D eigenvalue weighted by Crippen LogP contribution is 2.19. The Morgan fingerprint density at radius 1 is 1.33 bits per heavy atom. The molecule has 1 heterocycles. The maximum atomic E-state index is 12.7. The van der Waals surface area contributed by atoms with E-state index in [9.17, 15) is 18.0 Å². The molecule has 0 bridgehead atoms. The summed E-state index contributed by atoms with van der Waals surface area (Å²) in [6, 6.07) is 8.21. The van der Waals surface area contributed by atoms with Crippen LogP contribution in [0, 0.1) is 13.5 Å². The smallest absolute Gasteiger partial charge is 0.275 e. The number of rotatable bonds is 9. The first kappa shape index (κ1) is 26.9. The van der Waals surface area contributed by atoms with Crippen LogP contribution in [0.3, 0.4) is 0 Å². The van der Waals surface area contributed by atoms with Gasteiger partial charge in [-0.1, -0.05) is 19.6 Å². The van der Waals surface area contributed by atoms with Gasteiger partial charge in [0, 0.05) is 5.69 Å². The summed E-state index contributed by atoms with van der Waals surface area (Å²) in [4.78, 5) is 32.6. The summed E-state index contributed by atoms with van der Waals surface area (Å²) >= 11 is 0. The Hall–Kier alpha value is -4.12. The molecule has 6 N–H and O–H groups in total. The number of oxime groups is 1. The largest absolute Gasteiger partial charge is 0.391 e. The van der Waals surface area contributed by atoms with Gasteiger partial charge in [-0.15, -0.1) is 0 Å². The molecule has 12 nitrogen and oxygen atoms in total. The van der Waals surface area contributed by atoms with E-state index in [4.69, 9.17) is 27.6 Å². The number of nitrogens with zero attached hydrogens (tertiary/aromatic N) is 3. The van der Waals surface area contributed by atoms with Crippen molar-refractivity contribution in [3.8, 4) is 0 Å². The Bertz CT molecular complexity index is 1210. The lowest BCUT2D eigenvalue weighted by molar-refractivity contribution is -0.122. The summed E-state index contributed by atoms with van der Waals surface area (Å²) in [6.07, 6.45) is 0. The van der Waals surface area contributed by atoms with E-state index in [2.05, 4.69) is 21.5 Å². The molecule has 0 spiro atoms. The SMILES string of the molecule is C.[3H]F.[C-]#[N+]c1cccc(S(=O)(=O)Nc2ccc(C)n(CC(=O)NCCON=C(N)N)c2=O)c1. The fourth-order valence-corrected chi connectivity index (χ4v) is 3.52. The van der Waals surface area contributed by atoms with Crippen molar-refractivity contribution in [3.05, 3.63) is 63.9 Å². The van der Waals surface area contributed by atoms with Gasteiger partial charge in [-0.2, -0.15) is 0 Å². The quantitative estimate of drug-likeness (QED) is 0.132. The third-order valence-corrected chi connectivity index (χ3v) is 5.24. The number of hydrogen-bond acceptors (Lipinski definition) is 6. The van der Waals surface area contributed by atoms with Crippen molar-refractivity contribution in [2.24, 2.45) is 16.6 Å². The number of sulfonamides is 1. The molecule has 1 aromatic carbocycles. The number of carbonyl (C=O) groups is 1. The third kappa shape index (κ3) is 8.15. The number of aromatic nitrogens is 1. The molecule has 0 aliphatic heterocycles. The maximum absolute atomic E-state index is 12.7. The van der Waals surface area contributed by atoms with E-state index >= 15 is 0 Å². The number of amides is 1. The van der Waals surface area contributed by atoms with Crippen LogP contribution < -0.4 is 27.1 Å². The predicted molar refractivity (Wildman–Crippen MR) is 123 cm³/mol. The number of benzene rings is 1. The van der Waals surface area contributed by atoms with Crippen molar-refractivity contribution in [1.29, 1.82) is 1.45 Å². The van der Waals surface area contributed by atoms with Gasteiger partial charge in [0.15, 0.2) is 5.69 Å². The van der Waals surface area contributed by atoms with Gasteiger partial charge in [0.25, 0.3) is 17.0 Å². The molecule has 1 amide bonds. The van der Waals surface area contributed by atoms with Crippen molar-refractivity contribution in [2.45, 2.75) is 25.8 Å². The lowest BCUT2D eigenvalue weighted by Gasteiger charge is -2.13. The van der Waals surface area contributed by atoms with Gasteiger partial charge in [0.2, 0.25) is 11.9 Å². The molecule has 0 aliphatic carbocycles. The number of guanidine groups is 1. The average molecular weight is 486 g/mol. The zero-order chi connectivity index (χ0) is 25.0. The van der Waals surface area contributed by atoms with Crippen molar-refractivity contribution < 1.29 is 22.8 Å². The van der Waals surface area contributed by atoms with Crippen molar-refractivity contribution >= 4 is 33.3 Å². The Balaban J connectivity index is 0.00000353. The van der Waals surface area contributed by atoms with Crippen LogP contribution in [0.25, 0.3) is 4.85 Å². The number of anilines is 1. The van der Waals surface area contributed by atoms with Crippen LogP contribution in [-0.4, -0.2) is 39.5 Å². The fourth-order valence-electron chi connectivity index (χ4n) is 2.42. The van der Waals surface area contributed by atoms with Crippen LogP contribution >= 0.6 is 0 Å². The maximum Gasteiger partial charge on any atom is 0.275 e. The molecule has 2 rings (SSSR count). The number of aryl methyl sites for hydroxylation is 1. The second-order valence-corrected chi connectivity index (χ2v) is 7.88. The van der Waals surface area contributed by atoms with Gasteiger partial charge >= 0.3 is 0 Å². The monoisotopic (exact) mass is 485 g/mol. The fraction of sp³-hybridized carbons (Fsp3) is 0.263. The molecular formula is C19H26FN7O5S. The lowest BCUT2D eigenvalue weighted by atomic mass is 10.3. The van der Waals surface area contributed by atoms with E-state index in [1.807, 2.05) is 0 Å². The van der Waals surface area contributed by atoms with Crippen LogP contribution in [0.5, 0.6) is 0 Å². The Morgan fingerprint density at radius 3 is 2.67 bits per heavy atom. The molecule has 0 aliphatic rings. The van der Waals surface area contributed by atoms with E-state index in [0.717, 1.165) is 4.57 Å². The minimum Gasteiger partial charge on any atom is -0.391 e. The molecule has 0 atom stereocenters. The first-order chi connectivity index (χ1) is 15.6. The normalized spacial score (nSPS) is 10.2. The van der Waals surface area contributed by atoms with E-state index in [0.29, 0.717) is 5.69 Å². The van der Waals surface area contributed by atoms with E-state index in [-0.39, 0.29) is 49.4 Å². The summed E-state index contributed by atoms with van der Waals surface area (Å²) in [5.41, 5.74) is 9.86. The zero-order valence-electron chi connectivity index (χ0n) is 17.9. The zero-order valence-corrected chi connectivity index (χ0v) is 17.7. The topological polar surface area (TPSA) is 175 Å². The summed E-state index contributed by atoms with van der Waals surface area (Å²) in [7, 11) is -4.11. The highest BCUT2D eigenvalue weighted by molar-refractivity contribution is 7.92. The molecule has 0 saturated carbocycles. The number of halogens is 1. The van der Waals surface area contributed by atoms with Crippen molar-refractivity contribution in [1.82, 2.24) is 9.88 Å². The molecular weight excluding hydrogens is 457 g/mol. The minimum atomic E-state index is -4.11. The van der Waals surface area contributed by atoms with Crippen LogP contribution in [0.4, 0.5) is 16.1 Å². The molecule has 14 heteroatoms. The van der Waals surface area contributed by atoms with Gasteiger partial charge in [0.1, 0.15) is 18.8 Å². The number of carbonyl (C=O) groups excluding carboxylic acids is 1. The summed E-state index contributed by atoms with van der Waals surface area (Å²) in [6.45, 7) is 8.37. The Labute approximate surface area is 192 Å². The highest BCUT2D eigenvalue weighted by Gasteiger charge is 2.18. The van der Waals surface area contributed by atoms with E-state index in [1.54, 1.807) is 6.92 Å². The van der Waals surface area contributed by atoms with Crippen molar-refractivity contribution in [2.75, 3.05) is 17.9 Å². The number of nitrogens with one attached hydrogen (secondary N) is 2. The van der Waals surface area contributed by atoms with Crippen LogP contribution in [-0.2, 0) is 26.2 Å². The standard InChI is InChI=1S/C18H21N7O5S.CH4.FH/c1-12-6-7-15(24-31(28,29)14-5-3-4-13(10-14)21-2)17(27)25(12)11-16(26)22-8-9-30-23-18(19)20;;/h3-7,10,24H,8-9,11H2,1H3,(H,22,26)(H4,19,20,23);1H4;1H/i/hT. The van der Waals surface area contributed by atoms with E-state index < -0.39 is 21.5 Å².